The molecule has 4 nitrogen and oxygen atoms in total. The molecule has 0 amide bonds. The minimum atomic E-state index is -1.27. The molecule has 2 atom stereocenters. The number of hydrogen-bond donors (Lipinski definition) is 0. The minimum Gasteiger partial charge on any atom is -0.480 e. The summed E-state index contributed by atoms with van der Waals surface area (Å²) in [7, 11) is 1.83. The van der Waals surface area contributed by atoms with Crippen molar-refractivity contribution in [2.45, 2.75) is 38.5 Å². The Morgan fingerprint density at radius 2 is 1.92 bits per heavy atom. The third kappa shape index (κ3) is 3.28. The van der Waals surface area contributed by atoms with E-state index in [0.29, 0.717) is 10.9 Å². The molecular weight excluding hydrogens is 334 g/mol. The second kappa shape index (κ2) is 6.72. The molecular formula is C17H22F2N2O2S. The van der Waals surface area contributed by atoms with Gasteiger partial charge in [0.1, 0.15) is 0 Å². The van der Waals surface area contributed by atoms with E-state index in [4.69, 9.17) is 4.74 Å². The molecule has 0 aliphatic heterocycles. The molecule has 24 heavy (non-hydrogen) atoms. The van der Waals surface area contributed by atoms with Crippen LogP contribution in [0.15, 0.2) is 18.3 Å². The van der Waals surface area contributed by atoms with Gasteiger partial charge in [0.15, 0.2) is 11.6 Å². The Labute approximate surface area is 143 Å². The number of pyridine rings is 1. The van der Waals surface area contributed by atoms with Crippen LogP contribution >= 0.6 is 0 Å². The van der Waals surface area contributed by atoms with E-state index in [1.54, 1.807) is 17.5 Å². The molecule has 0 aliphatic carbocycles. The van der Waals surface area contributed by atoms with Crippen LogP contribution < -0.4 is 4.74 Å². The lowest BCUT2D eigenvalue weighted by Crippen LogP contribution is -2.36. The molecule has 0 N–H and O–H groups in total. The molecule has 7 heteroatoms. The van der Waals surface area contributed by atoms with Crippen LogP contribution in [0.4, 0.5) is 8.78 Å². The van der Waals surface area contributed by atoms with Gasteiger partial charge in [0.05, 0.1) is 28.2 Å². The molecule has 2 rings (SSSR count). The zero-order valence-corrected chi connectivity index (χ0v) is 15.5. The second-order valence-electron chi connectivity index (χ2n) is 6.59. The Morgan fingerprint density at radius 3 is 2.46 bits per heavy atom. The zero-order valence-electron chi connectivity index (χ0n) is 14.7. The molecule has 1 unspecified atom stereocenters. The van der Waals surface area contributed by atoms with Crippen LogP contribution in [0.5, 0.6) is 5.88 Å². The maximum absolute atomic E-state index is 14.3. The Morgan fingerprint density at radius 1 is 1.29 bits per heavy atom. The van der Waals surface area contributed by atoms with Crippen molar-refractivity contribution >= 4 is 21.8 Å². The fraction of sp³-hybridized carbons (Fsp3) is 0.471. The summed E-state index contributed by atoms with van der Waals surface area (Å²) >= 11 is 0. The molecule has 132 valence electrons. The quantitative estimate of drug-likeness (QED) is 0.832. The first-order valence-electron chi connectivity index (χ1n) is 7.55. The lowest BCUT2D eigenvalue weighted by Gasteiger charge is -2.31. The maximum atomic E-state index is 14.3. The number of hydrogen-bond acceptors (Lipinski definition) is 3. The summed E-state index contributed by atoms with van der Waals surface area (Å²) in [5.41, 5.74) is 0.657. The van der Waals surface area contributed by atoms with Crippen LogP contribution in [0.1, 0.15) is 39.3 Å². The van der Waals surface area contributed by atoms with Gasteiger partial charge < -0.3 is 4.74 Å². The number of benzene rings is 1. The highest BCUT2D eigenvalue weighted by molar-refractivity contribution is 7.84. The summed E-state index contributed by atoms with van der Waals surface area (Å²) in [5.74, 6) is -1.93. The molecule has 0 bridgehead atoms. The number of fused-ring (bicyclic) bond motifs is 1. The van der Waals surface area contributed by atoms with Crippen LogP contribution in [-0.4, -0.2) is 32.4 Å². The van der Waals surface area contributed by atoms with Crippen LogP contribution in [0.2, 0.25) is 0 Å². The highest BCUT2D eigenvalue weighted by Gasteiger charge is 2.29. The van der Waals surface area contributed by atoms with Gasteiger partial charge in [-0.05, 0) is 44.7 Å². The summed E-state index contributed by atoms with van der Waals surface area (Å²) < 4.78 is 46.8. The van der Waals surface area contributed by atoms with Gasteiger partial charge in [-0.25, -0.2) is 22.3 Å². The molecule has 1 heterocycles. The van der Waals surface area contributed by atoms with Crippen molar-refractivity contribution in [2.24, 2.45) is 0 Å². The van der Waals surface area contributed by atoms with Gasteiger partial charge in [-0.2, -0.15) is 0 Å². The van der Waals surface area contributed by atoms with Crippen molar-refractivity contribution in [3.63, 3.8) is 0 Å². The topological polar surface area (TPSA) is 42.4 Å². The average Bonchev–Trinajstić information content (AvgIpc) is 2.54. The Balaban J connectivity index is 2.62. The fourth-order valence-electron chi connectivity index (χ4n) is 2.52. The zero-order chi connectivity index (χ0) is 18.2. The van der Waals surface area contributed by atoms with E-state index >= 15 is 0 Å². The first-order chi connectivity index (χ1) is 11.1. The number of nitrogens with zero attached hydrogens (tertiary/aromatic N) is 2. The molecule has 1 aromatic heterocycles. The van der Waals surface area contributed by atoms with Gasteiger partial charge in [-0.1, -0.05) is 6.07 Å². The van der Waals surface area contributed by atoms with E-state index < -0.39 is 27.4 Å². The van der Waals surface area contributed by atoms with Gasteiger partial charge in [0.2, 0.25) is 5.88 Å². The fourth-order valence-corrected chi connectivity index (χ4v) is 3.79. The van der Waals surface area contributed by atoms with Crippen LogP contribution in [0.25, 0.3) is 10.8 Å². The second-order valence-corrected chi connectivity index (χ2v) is 8.89. The largest absolute Gasteiger partial charge is 0.480 e. The van der Waals surface area contributed by atoms with Crippen LogP contribution in [-0.2, 0) is 11.0 Å². The molecule has 0 saturated carbocycles. The Kier molecular flexibility index (Phi) is 5.25. The Bertz CT molecular complexity index is 790. The number of aromatic nitrogens is 1. The summed E-state index contributed by atoms with van der Waals surface area (Å²) in [6, 6.07) is 2.27. The van der Waals surface area contributed by atoms with E-state index in [1.807, 2.05) is 27.7 Å². The van der Waals surface area contributed by atoms with Crippen LogP contribution in [0, 0.1) is 11.6 Å². The van der Waals surface area contributed by atoms with Crippen molar-refractivity contribution in [1.29, 1.82) is 0 Å². The summed E-state index contributed by atoms with van der Waals surface area (Å²) in [4.78, 5) is 4.10. The van der Waals surface area contributed by atoms with E-state index in [2.05, 4.69) is 4.98 Å². The number of ether oxygens (including phenoxy) is 1. The SMILES string of the molecule is COc1ncc(C(C)N(C)[S@@](=O)C(C)(C)C)c2ccc(F)c(F)c12. The normalized spacial score (nSPS) is 14.9. The van der Waals surface area contributed by atoms with E-state index in [9.17, 15) is 13.0 Å². The molecule has 0 fully saturated rings. The summed E-state index contributed by atoms with van der Waals surface area (Å²) in [6.45, 7) is 7.50. The van der Waals surface area contributed by atoms with Gasteiger partial charge in [-0.15, -0.1) is 0 Å². The van der Waals surface area contributed by atoms with Crippen molar-refractivity contribution < 1.29 is 17.7 Å². The highest BCUT2D eigenvalue weighted by atomic mass is 32.2. The van der Waals surface area contributed by atoms with E-state index in [0.717, 1.165) is 6.07 Å². The lowest BCUT2D eigenvalue weighted by molar-refractivity contribution is 0.396. The van der Waals surface area contributed by atoms with Crippen molar-refractivity contribution in [3.05, 3.63) is 35.5 Å². The Hall–Kier alpha value is -1.60. The summed E-state index contributed by atoms with van der Waals surface area (Å²) in [5, 5.41) is 0.489. The molecule has 2 aromatic rings. The van der Waals surface area contributed by atoms with Crippen molar-refractivity contribution in [2.75, 3.05) is 14.2 Å². The van der Waals surface area contributed by atoms with Gasteiger partial charge in [0.25, 0.3) is 0 Å². The van der Waals surface area contributed by atoms with Gasteiger partial charge >= 0.3 is 0 Å². The smallest absolute Gasteiger partial charge is 0.224 e. The molecule has 1 aromatic carbocycles. The maximum Gasteiger partial charge on any atom is 0.224 e. The third-order valence-electron chi connectivity index (χ3n) is 3.91. The highest BCUT2D eigenvalue weighted by Crippen LogP contribution is 2.35. The van der Waals surface area contributed by atoms with Crippen molar-refractivity contribution in [3.8, 4) is 5.88 Å². The first-order valence-corrected chi connectivity index (χ1v) is 8.65. The number of rotatable bonds is 4. The summed E-state index contributed by atoms with van der Waals surface area (Å²) in [6.07, 6.45) is 1.56. The predicted octanol–water partition coefficient (Wildman–Crippen LogP) is 3.98. The van der Waals surface area contributed by atoms with Crippen molar-refractivity contribution in [1.82, 2.24) is 9.29 Å². The molecule has 0 aliphatic rings. The minimum absolute atomic E-state index is 0.00297. The third-order valence-corrected chi connectivity index (χ3v) is 5.80. The van der Waals surface area contributed by atoms with E-state index in [-0.39, 0.29) is 17.3 Å². The molecule has 0 saturated heterocycles. The first kappa shape index (κ1) is 18.7. The van der Waals surface area contributed by atoms with Gasteiger partial charge in [0, 0.05) is 19.3 Å². The number of halogens is 2. The lowest BCUT2D eigenvalue weighted by atomic mass is 10.0. The monoisotopic (exact) mass is 356 g/mol. The van der Waals surface area contributed by atoms with Crippen LogP contribution in [0.3, 0.4) is 0 Å². The average molecular weight is 356 g/mol. The number of methoxy groups -OCH3 is 1. The molecule has 0 spiro atoms. The standard InChI is InChI=1S/C17H22F2N2O2S/c1-10(21(5)24(22)17(2,3)4)12-9-20-16(23-6)14-11(12)7-8-13(18)15(14)19/h7-10H,1-6H3/t10?,24-/m0/s1. The predicted molar refractivity (Wildman–Crippen MR) is 92.3 cm³/mol. The molecule has 0 radical (unpaired) electrons. The van der Waals surface area contributed by atoms with E-state index in [1.165, 1.54) is 13.2 Å². The van der Waals surface area contributed by atoms with Gasteiger partial charge in [-0.3, -0.25) is 0 Å².